The molecule has 0 unspecified atom stereocenters. The van der Waals surface area contributed by atoms with Crippen molar-refractivity contribution in [1.29, 1.82) is 0 Å². The first-order chi connectivity index (χ1) is 17.4. The summed E-state index contributed by atoms with van der Waals surface area (Å²) in [5, 5.41) is 0.549. The third kappa shape index (κ3) is 5.66. The smallest absolute Gasteiger partial charge is 0.416 e. The number of rotatable bonds is 6. The number of anilines is 3. The Morgan fingerprint density at radius 2 is 1.14 bits per heavy atom. The zero-order chi connectivity index (χ0) is 27.0. The number of alkyl halides is 6. The van der Waals surface area contributed by atoms with E-state index in [1.165, 1.54) is 14.2 Å². The van der Waals surface area contributed by atoms with Gasteiger partial charge in [-0.25, -0.2) is 4.98 Å². The van der Waals surface area contributed by atoms with Crippen molar-refractivity contribution >= 4 is 27.7 Å². The van der Waals surface area contributed by atoms with Gasteiger partial charge in [0.15, 0.2) is 0 Å². The van der Waals surface area contributed by atoms with Crippen LogP contribution in [0.25, 0.3) is 10.6 Å². The summed E-state index contributed by atoms with van der Waals surface area (Å²) < 4.78 is 91.0. The molecule has 0 radical (unpaired) electrons. The molecule has 1 heterocycles. The van der Waals surface area contributed by atoms with Gasteiger partial charge in [-0.15, -0.1) is 0 Å². The van der Waals surface area contributed by atoms with Crippen LogP contribution in [0.5, 0.6) is 11.5 Å². The molecule has 11 heteroatoms. The number of methoxy groups -OCH3 is 2. The highest BCUT2D eigenvalue weighted by Gasteiger charge is 2.37. The number of nitrogens with zero attached hydrogens (tertiary/aromatic N) is 2. The van der Waals surface area contributed by atoms with Crippen LogP contribution in [-0.2, 0) is 12.4 Å². The molecule has 0 fully saturated rings. The van der Waals surface area contributed by atoms with E-state index in [-0.39, 0.29) is 16.6 Å². The van der Waals surface area contributed by atoms with E-state index >= 15 is 0 Å². The number of aromatic nitrogens is 1. The number of benzene rings is 3. The van der Waals surface area contributed by atoms with Gasteiger partial charge in [0.05, 0.1) is 31.0 Å². The van der Waals surface area contributed by atoms with Gasteiger partial charge in [-0.2, -0.15) is 26.3 Å². The molecular weight excluding hydrogens is 518 g/mol. The zero-order valence-electron chi connectivity index (χ0n) is 19.7. The number of aryl methyl sites for hydroxylation is 1. The van der Waals surface area contributed by atoms with Gasteiger partial charge in [-0.3, -0.25) is 0 Å². The molecule has 0 bridgehead atoms. The minimum absolute atomic E-state index is 0.0242. The first kappa shape index (κ1) is 26.3. The highest BCUT2D eigenvalue weighted by atomic mass is 32.1. The van der Waals surface area contributed by atoms with Crippen LogP contribution in [0.2, 0.25) is 0 Å². The van der Waals surface area contributed by atoms with Gasteiger partial charge in [0.1, 0.15) is 21.5 Å². The summed E-state index contributed by atoms with van der Waals surface area (Å²) in [6.45, 7) is 1.65. The van der Waals surface area contributed by atoms with E-state index in [9.17, 15) is 26.3 Å². The molecular formula is C26H20F6N2O2S. The van der Waals surface area contributed by atoms with Crippen molar-refractivity contribution in [3.63, 3.8) is 0 Å². The third-order valence-corrected chi connectivity index (χ3v) is 6.66. The normalized spacial score (nSPS) is 11.9. The van der Waals surface area contributed by atoms with Crippen LogP contribution >= 0.6 is 11.3 Å². The minimum atomic E-state index is -4.95. The Labute approximate surface area is 212 Å². The van der Waals surface area contributed by atoms with Crippen molar-refractivity contribution in [2.45, 2.75) is 19.3 Å². The summed E-state index contributed by atoms with van der Waals surface area (Å²) >= 11 is 0.987. The summed E-state index contributed by atoms with van der Waals surface area (Å²) in [5.41, 5.74) is -1.26. The highest BCUT2D eigenvalue weighted by Crippen LogP contribution is 2.45. The summed E-state index contributed by atoms with van der Waals surface area (Å²) in [7, 11) is 3.06. The van der Waals surface area contributed by atoms with Crippen molar-refractivity contribution in [2.75, 3.05) is 19.1 Å². The molecule has 4 aromatic rings. The lowest BCUT2D eigenvalue weighted by molar-refractivity contribution is -0.143. The fourth-order valence-corrected chi connectivity index (χ4v) is 4.74. The van der Waals surface area contributed by atoms with Crippen molar-refractivity contribution in [3.05, 3.63) is 83.6 Å². The van der Waals surface area contributed by atoms with Gasteiger partial charge >= 0.3 is 12.4 Å². The average Bonchev–Trinajstić information content (AvgIpc) is 3.25. The summed E-state index contributed by atoms with van der Waals surface area (Å²) in [6, 6.07) is 15.6. The van der Waals surface area contributed by atoms with E-state index in [1.807, 2.05) is 4.90 Å². The van der Waals surface area contributed by atoms with Crippen LogP contribution in [0.3, 0.4) is 0 Å². The molecule has 0 spiro atoms. The fourth-order valence-electron chi connectivity index (χ4n) is 3.64. The molecule has 4 nitrogen and oxygen atoms in total. The Balaban J connectivity index is 1.87. The third-order valence-electron chi connectivity index (χ3n) is 5.47. The monoisotopic (exact) mass is 538 g/mol. The van der Waals surface area contributed by atoms with Crippen molar-refractivity contribution in [2.24, 2.45) is 0 Å². The highest BCUT2D eigenvalue weighted by molar-refractivity contribution is 7.19. The van der Waals surface area contributed by atoms with Crippen LogP contribution in [-0.4, -0.2) is 19.2 Å². The number of ether oxygens (including phenoxy) is 2. The van der Waals surface area contributed by atoms with E-state index in [0.717, 1.165) is 11.3 Å². The largest absolute Gasteiger partial charge is 0.497 e. The second-order valence-electron chi connectivity index (χ2n) is 7.94. The van der Waals surface area contributed by atoms with Crippen molar-refractivity contribution in [1.82, 2.24) is 4.98 Å². The van der Waals surface area contributed by atoms with Crippen molar-refractivity contribution in [3.8, 4) is 22.1 Å². The van der Waals surface area contributed by atoms with Gasteiger partial charge in [0.25, 0.3) is 0 Å². The van der Waals surface area contributed by atoms with Crippen LogP contribution in [0.1, 0.15) is 16.8 Å². The molecule has 4 rings (SSSR count). The molecule has 0 aliphatic carbocycles. The maximum Gasteiger partial charge on any atom is 0.416 e. The van der Waals surface area contributed by atoms with Gasteiger partial charge in [0, 0.05) is 16.9 Å². The summed E-state index contributed by atoms with van der Waals surface area (Å²) in [6.07, 6.45) is -9.91. The SMILES string of the molecule is COc1ccc(N(c2ccc(OC)cc2)c2sc(-c3cc(C(F)(F)F)cc(C(F)(F)F)c3)nc2C)cc1. The fraction of sp³-hybridized carbons (Fsp3) is 0.192. The Morgan fingerprint density at radius 3 is 1.51 bits per heavy atom. The van der Waals surface area contributed by atoms with Crippen LogP contribution < -0.4 is 14.4 Å². The number of thiazole rings is 1. The molecule has 0 amide bonds. The second-order valence-corrected chi connectivity index (χ2v) is 8.91. The van der Waals surface area contributed by atoms with E-state index in [2.05, 4.69) is 4.98 Å². The Kier molecular flexibility index (Phi) is 7.09. The molecule has 0 saturated carbocycles. The molecule has 0 saturated heterocycles. The number of hydrogen-bond acceptors (Lipinski definition) is 5. The van der Waals surface area contributed by atoms with Crippen LogP contribution in [0.15, 0.2) is 66.7 Å². The van der Waals surface area contributed by atoms with Crippen LogP contribution in [0, 0.1) is 6.92 Å². The van der Waals surface area contributed by atoms with Gasteiger partial charge < -0.3 is 14.4 Å². The Hall–Kier alpha value is -3.73. The zero-order valence-corrected chi connectivity index (χ0v) is 20.6. The van der Waals surface area contributed by atoms with Crippen molar-refractivity contribution < 1.29 is 35.8 Å². The molecule has 0 atom stereocenters. The molecule has 0 N–H and O–H groups in total. The molecule has 0 aliphatic heterocycles. The Morgan fingerprint density at radius 1 is 0.703 bits per heavy atom. The Bertz CT molecular complexity index is 1300. The predicted octanol–water partition coefficient (Wildman–Crippen LogP) is 8.64. The van der Waals surface area contributed by atoms with E-state index < -0.39 is 23.5 Å². The first-order valence-corrected chi connectivity index (χ1v) is 11.6. The summed E-state index contributed by atoms with van der Waals surface area (Å²) in [5.74, 6) is 1.23. The second kappa shape index (κ2) is 9.97. The average molecular weight is 539 g/mol. The first-order valence-electron chi connectivity index (χ1n) is 10.8. The lowest BCUT2D eigenvalue weighted by atomic mass is 10.1. The topological polar surface area (TPSA) is 34.6 Å². The lowest BCUT2D eigenvalue weighted by Crippen LogP contribution is -2.11. The van der Waals surface area contributed by atoms with Crippen LogP contribution in [0.4, 0.5) is 42.7 Å². The molecule has 1 aromatic heterocycles. The van der Waals surface area contributed by atoms with Gasteiger partial charge in [-0.1, -0.05) is 11.3 Å². The van der Waals surface area contributed by atoms with Gasteiger partial charge in [-0.05, 0) is 73.7 Å². The quantitative estimate of drug-likeness (QED) is 0.230. The maximum absolute atomic E-state index is 13.4. The number of hydrogen-bond donors (Lipinski definition) is 0. The lowest BCUT2D eigenvalue weighted by Gasteiger charge is -2.24. The van der Waals surface area contributed by atoms with E-state index in [1.54, 1.807) is 55.5 Å². The molecule has 0 aliphatic rings. The van der Waals surface area contributed by atoms with Gasteiger partial charge in [0.2, 0.25) is 0 Å². The predicted molar refractivity (Wildman–Crippen MR) is 130 cm³/mol. The molecule has 194 valence electrons. The van der Waals surface area contributed by atoms with E-state index in [4.69, 9.17) is 9.47 Å². The maximum atomic E-state index is 13.4. The number of halogens is 6. The van der Waals surface area contributed by atoms with E-state index in [0.29, 0.717) is 45.7 Å². The molecule has 37 heavy (non-hydrogen) atoms. The standard InChI is InChI=1S/C26H20F6N2O2S/c1-15-24(34(19-4-8-21(35-2)9-5-19)20-6-10-22(36-3)11-7-20)37-23(33-15)16-12-17(25(27,28)29)14-18(13-16)26(30,31)32/h4-14H,1-3H3. The summed E-state index contributed by atoms with van der Waals surface area (Å²) in [4.78, 5) is 6.17. The minimum Gasteiger partial charge on any atom is -0.497 e. The molecule has 3 aromatic carbocycles.